The Morgan fingerprint density at radius 2 is 2.05 bits per heavy atom. The van der Waals surface area contributed by atoms with E-state index in [0.29, 0.717) is 13.2 Å². The summed E-state index contributed by atoms with van der Waals surface area (Å²) in [6.07, 6.45) is 4.25. The van der Waals surface area contributed by atoms with Crippen LogP contribution >= 0.6 is 11.6 Å². The van der Waals surface area contributed by atoms with Gasteiger partial charge in [-0.15, -0.1) is 11.6 Å². The maximum Gasteiger partial charge on any atom is 0.241 e. The van der Waals surface area contributed by atoms with E-state index >= 15 is 0 Å². The molecule has 1 aliphatic rings. The van der Waals surface area contributed by atoms with Crippen molar-refractivity contribution in [3.63, 3.8) is 0 Å². The fourth-order valence-electron chi connectivity index (χ4n) is 3.20. The molecule has 1 rings (SSSR count). The number of hydrogen-bond donors (Lipinski definition) is 0. The molecule has 0 saturated carbocycles. The van der Waals surface area contributed by atoms with Gasteiger partial charge in [0.15, 0.2) is 0 Å². The molecule has 0 aromatic rings. The van der Waals surface area contributed by atoms with Crippen LogP contribution in [-0.4, -0.2) is 36.9 Å². The molecule has 0 aromatic carbocycles. The Kier molecular flexibility index (Phi) is 5.45. The van der Waals surface area contributed by atoms with E-state index in [0.717, 1.165) is 18.5 Å². The highest BCUT2D eigenvalue weighted by atomic mass is 35.5. The molecular formula is C15H26ClNO2. The lowest BCUT2D eigenvalue weighted by molar-refractivity contribution is -0.127. The minimum atomic E-state index is -0.0431. The summed E-state index contributed by atoms with van der Waals surface area (Å²) in [4.78, 5) is 13.8. The van der Waals surface area contributed by atoms with E-state index in [2.05, 4.69) is 33.8 Å². The van der Waals surface area contributed by atoms with E-state index in [9.17, 15) is 4.79 Å². The lowest BCUT2D eigenvalue weighted by atomic mass is 9.68. The summed E-state index contributed by atoms with van der Waals surface area (Å²) in [5.74, 6) is -0.0273. The highest BCUT2D eigenvalue weighted by molar-refractivity contribution is 6.27. The Bertz CT molecular complexity index is 361. The number of amides is 1. The zero-order valence-electron chi connectivity index (χ0n) is 12.8. The molecule has 0 heterocycles. The maximum atomic E-state index is 12.0. The van der Waals surface area contributed by atoms with Gasteiger partial charge in [0.1, 0.15) is 5.88 Å². The minimum absolute atomic E-state index is 0.0158. The van der Waals surface area contributed by atoms with Gasteiger partial charge in [-0.1, -0.05) is 33.8 Å². The first-order valence-corrected chi connectivity index (χ1v) is 7.31. The van der Waals surface area contributed by atoms with Crippen LogP contribution in [0.25, 0.3) is 0 Å². The van der Waals surface area contributed by atoms with E-state index in [4.69, 9.17) is 16.3 Å². The van der Waals surface area contributed by atoms with Crippen LogP contribution in [0.15, 0.2) is 11.8 Å². The predicted octanol–water partition coefficient (Wildman–Crippen LogP) is 3.43. The van der Waals surface area contributed by atoms with Crippen LogP contribution in [0.2, 0.25) is 0 Å². The minimum Gasteiger partial charge on any atom is -0.383 e. The largest absolute Gasteiger partial charge is 0.383 e. The Morgan fingerprint density at radius 3 is 2.53 bits per heavy atom. The molecule has 0 atom stereocenters. The number of methoxy groups -OCH3 is 1. The molecule has 1 amide bonds. The second-order valence-corrected chi connectivity index (χ2v) is 7.08. The first-order chi connectivity index (χ1) is 8.71. The average Bonchev–Trinajstić information content (AvgIpc) is 2.25. The molecule has 0 N–H and O–H groups in total. The number of ether oxygens (including phenoxy) is 1. The van der Waals surface area contributed by atoms with Gasteiger partial charge in [-0.05, 0) is 23.7 Å². The van der Waals surface area contributed by atoms with E-state index in [1.807, 2.05) is 0 Å². The van der Waals surface area contributed by atoms with Crippen molar-refractivity contribution in [1.29, 1.82) is 0 Å². The summed E-state index contributed by atoms with van der Waals surface area (Å²) in [7, 11) is 1.65. The van der Waals surface area contributed by atoms with Gasteiger partial charge in [-0.2, -0.15) is 0 Å². The first-order valence-electron chi connectivity index (χ1n) is 6.78. The van der Waals surface area contributed by atoms with Gasteiger partial charge in [0.2, 0.25) is 5.91 Å². The maximum absolute atomic E-state index is 12.0. The normalized spacial score (nSPS) is 20.8. The monoisotopic (exact) mass is 287 g/mol. The molecular weight excluding hydrogens is 262 g/mol. The van der Waals surface area contributed by atoms with Gasteiger partial charge in [0.05, 0.1) is 6.61 Å². The van der Waals surface area contributed by atoms with Crippen molar-refractivity contribution in [3.05, 3.63) is 11.8 Å². The number of allylic oxidation sites excluding steroid dienone is 2. The van der Waals surface area contributed by atoms with Crippen molar-refractivity contribution in [1.82, 2.24) is 4.90 Å². The zero-order valence-corrected chi connectivity index (χ0v) is 13.5. The molecule has 4 heteroatoms. The summed E-state index contributed by atoms with van der Waals surface area (Å²) in [5, 5.41) is 0. The van der Waals surface area contributed by atoms with Crippen molar-refractivity contribution in [2.45, 2.75) is 40.5 Å². The molecule has 1 aliphatic carbocycles. The molecule has 110 valence electrons. The van der Waals surface area contributed by atoms with Crippen LogP contribution in [0, 0.1) is 10.8 Å². The molecule has 0 unspecified atom stereocenters. The Morgan fingerprint density at radius 1 is 1.42 bits per heavy atom. The summed E-state index contributed by atoms with van der Waals surface area (Å²) in [6.45, 7) is 10.0. The smallest absolute Gasteiger partial charge is 0.241 e. The SMILES string of the molecule is COCCN(C(=O)CCl)C1=CC(C)(C)CC(C)(C)C1. The fourth-order valence-corrected chi connectivity index (χ4v) is 3.34. The van der Waals surface area contributed by atoms with Crippen molar-refractivity contribution in [2.24, 2.45) is 10.8 Å². The molecule has 0 spiro atoms. The van der Waals surface area contributed by atoms with Crippen LogP contribution in [0.5, 0.6) is 0 Å². The standard InChI is InChI=1S/C15H26ClNO2/c1-14(2)8-12(9-15(3,4)11-14)17(6-7-19-5)13(18)10-16/h8H,6-7,9-11H2,1-5H3. The second-order valence-electron chi connectivity index (χ2n) is 6.81. The number of carbonyl (C=O) groups is 1. The van der Waals surface area contributed by atoms with Gasteiger partial charge < -0.3 is 9.64 Å². The molecule has 0 radical (unpaired) electrons. The van der Waals surface area contributed by atoms with Crippen LogP contribution in [-0.2, 0) is 9.53 Å². The van der Waals surface area contributed by atoms with Gasteiger partial charge in [0.25, 0.3) is 0 Å². The van der Waals surface area contributed by atoms with Crippen molar-refractivity contribution in [2.75, 3.05) is 26.1 Å². The molecule has 0 aliphatic heterocycles. The van der Waals surface area contributed by atoms with E-state index in [-0.39, 0.29) is 22.6 Å². The van der Waals surface area contributed by atoms with Gasteiger partial charge in [-0.25, -0.2) is 0 Å². The van der Waals surface area contributed by atoms with Crippen LogP contribution in [0.1, 0.15) is 40.5 Å². The van der Waals surface area contributed by atoms with E-state index in [1.165, 1.54) is 0 Å². The molecule has 0 saturated heterocycles. The molecule has 0 fully saturated rings. The summed E-state index contributed by atoms with van der Waals surface area (Å²) in [6, 6.07) is 0. The number of halogens is 1. The highest BCUT2D eigenvalue weighted by Gasteiger charge is 2.35. The zero-order chi connectivity index (χ0) is 14.7. The van der Waals surface area contributed by atoms with Crippen LogP contribution in [0.3, 0.4) is 0 Å². The third-order valence-corrected chi connectivity index (χ3v) is 3.66. The molecule has 0 aromatic heterocycles. The Hall–Kier alpha value is -0.540. The highest BCUT2D eigenvalue weighted by Crippen LogP contribution is 2.45. The number of hydrogen-bond acceptors (Lipinski definition) is 2. The van der Waals surface area contributed by atoms with E-state index < -0.39 is 0 Å². The molecule has 3 nitrogen and oxygen atoms in total. The lowest BCUT2D eigenvalue weighted by Crippen LogP contribution is -2.39. The Balaban J connectivity index is 3.00. The average molecular weight is 288 g/mol. The topological polar surface area (TPSA) is 29.5 Å². The van der Waals surface area contributed by atoms with Crippen LogP contribution in [0.4, 0.5) is 0 Å². The number of alkyl halides is 1. The summed E-state index contributed by atoms with van der Waals surface area (Å²) < 4.78 is 5.10. The van der Waals surface area contributed by atoms with E-state index in [1.54, 1.807) is 12.0 Å². The Labute approximate surface area is 121 Å². The van der Waals surface area contributed by atoms with Gasteiger partial charge in [0, 0.05) is 19.4 Å². The van der Waals surface area contributed by atoms with Gasteiger partial charge >= 0.3 is 0 Å². The predicted molar refractivity (Wildman–Crippen MR) is 79.2 cm³/mol. The summed E-state index contributed by atoms with van der Waals surface area (Å²) >= 11 is 5.73. The third kappa shape index (κ3) is 4.81. The quantitative estimate of drug-likeness (QED) is 0.725. The first kappa shape index (κ1) is 16.5. The van der Waals surface area contributed by atoms with Crippen molar-refractivity contribution >= 4 is 17.5 Å². The number of carbonyl (C=O) groups excluding carboxylic acids is 1. The number of nitrogens with zero attached hydrogens (tertiary/aromatic N) is 1. The van der Waals surface area contributed by atoms with Crippen LogP contribution < -0.4 is 0 Å². The van der Waals surface area contributed by atoms with Gasteiger partial charge in [-0.3, -0.25) is 4.79 Å². The number of rotatable bonds is 5. The second kappa shape index (κ2) is 6.27. The van der Waals surface area contributed by atoms with Crippen molar-refractivity contribution < 1.29 is 9.53 Å². The third-order valence-electron chi connectivity index (χ3n) is 3.43. The fraction of sp³-hybridized carbons (Fsp3) is 0.800. The van der Waals surface area contributed by atoms with Crippen molar-refractivity contribution in [3.8, 4) is 0 Å². The lowest BCUT2D eigenvalue weighted by Gasteiger charge is -2.42. The molecule has 0 bridgehead atoms. The summed E-state index contributed by atoms with van der Waals surface area (Å²) in [5.41, 5.74) is 1.39. The molecule has 19 heavy (non-hydrogen) atoms.